The van der Waals surface area contributed by atoms with Crippen molar-refractivity contribution in [3.8, 4) is 0 Å². The highest BCUT2D eigenvalue weighted by Crippen LogP contribution is 2.27. The molecule has 0 aliphatic rings. The number of aromatic nitrogens is 2. The molecule has 2 aromatic heterocycles. The number of benzene rings is 1. The first-order valence-corrected chi connectivity index (χ1v) is 6.24. The van der Waals surface area contributed by atoms with E-state index < -0.39 is 0 Å². The van der Waals surface area contributed by atoms with Crippen molar-refractivity contribution in [1.82, 2.24) is 10.2 Å². The number of fused-ring (bicyclic) bond motifs is 1. The first kappa shape index (κ1) is 11.7. The maximum atomic E-state index is 13.1. The maximum absolute atomic E-state index is 13.1. The van der Waals surface area contributed by atoms with Gasteiger partial charge in [-0.2, -0.15) is 5.10 Å². The number of nitrogens with two attached hydrogens (primary N) is 1. The van der Waals surface area contributed by atoms with Crippen LogP contribution in [0.25, 0.3) is 10.1 Å². The molecule has 0 spiro atoms. The summed E-state index contributed by atoms with van der Waals surface area (Å²) in [6, 6.07) is 6.12. The molecule has 5 nitrogen and oxygen atoms in total. The maximum Gasteiger partial charge on any atom is 0.266 e. The number of nitrogens with zero attached hydrogens (tertiary/aromatic N) is 1. The summed E-state index contributed by atoms with van der Waals surface area (Å²) < 4.78 is 13.8. The van der Waals surface area contributed by atoms with E-state index >= 15 is 0 Å². The molecular weight excluding hydrogens is 267 g/mol. The molecule has 1 aromatic carbocycles. The Morgan fingerprint density at radius 2 is 2.26 bits per heavy atom. The second kappa shape index (κ2) is 4.36. The zero-order chi connectivity index (χ0) is 13.4. The molecular formula is C12H9FN4OS. The van der Waals surface area contributed by atoms with Crippen LogP contribution in [-0.2, 0) is 0 Å². The number of halogens is 1. The van der Waals surface area contributed by atoms with Crippen LogP contribution < -0.4 is 11.1 Å². The van der Waals surface area contributed by atoms with Crippen LogP contribution in [0.5, 0.6) is 0 Å². The fourth-order valence-corrected chi connectivity index (χ4v) is 2.67. The Kier molecular flexibility index (Phi) is 2.68. The SMILES string of the molecule is Nc1cn[nH]c1NC(=O)c1cc2ccc(F)cc2s1. The molecule has 0 aliphatic heterocycles. The molecule has 0 radical (unpaired) electrons. The smallest absolute Gasteiger partial charge is 0.266 e. The summed E-state index contributed by atoms with van der Waals surface area (Å²) in [6.07, 6.45) is 1.41. The zero-order valence-electron chi connectivity index (χ0n) is 9.61. The number of carbonyl (C=O) groups excluding carboxylic acids is 1. The third kappa shape index (κ3) is 2.15. The van der Waals surface area contributed by atoms with Gasteiger partial charge in [-0.05, 0) is 23.6 Å². The molecule has 3 aromatic rings. The van der Waals surface area contributed by atoms with E-state index in [0.717, 1.165) is 10.1 Å². The standard InChI is InChI=1S/C12H9FN4OS/c13-7-2-1-6-3-10(19-9(6)4-7)12(18)16-11-8(14)5-15-17-11/h1-5H,14H2,(H2,15,16,17,18). The predicted octanol–water partition coefficient (Wildman–Crippen LogP) is 2.60. The Morgan fingerprint density at radius 1 is 1.42 bits per heavy atom. The van der Waals surface area contributed by atoms with Crippen molar-refractivity contribution in [2.24, 2.45) is 0 Å². The van der Waals surface area contributed by atoms with Crippen LogP contribution in [-0.4, -0.2) is 16.1 Å². The van der Waals surface area contributed by atoms with Crippen LogP contribution in [0.1, 0.15) is 9.67 Å². The Balaban J connectivity index is 1.91. The number of nitrogens with one attached hydrogen (secondary N) is 2. The summed E-state index contributed by atoms with van der Waals surface area (Å²) >= 11 is 1.22. The van der Waals surface area contributed by atoms with E-state index in [-0.39, 0.29) is 11.7 Å². The second-order valence-electron chi connectivity index (χ2n) is 3.95. The van der Waals surface area contributed by atoms with Gasteiger partial charge in [0, 0.05) is 4.70 Å². The van der Waals surface area contributed by atoms with Gasteiger partial charge in [0.1, 0.15) is 5.82 Å². The monoisotopic (exact) mass is 276 g/mol. The largest absolute Gasteiger partial charge is 0.394 e. The normalized spacial score (nSPS) is 10.8. The summed E-state index contributed by atoms with van der Waals surface area (Å²) in [4.78, 5) is 12.5. The quantitative estimate of drug-likeness (QED) is 0.672. The minimum absolute atomic E-state index is 0.308. The third-order valence-electron chi connectivity index (χ3n) is 2.61. The number of anilines is 2. The molecule has 2 heterocycles. The molecule has 0 fully saturated rings. The van der Waals surface area contributed by atoms with Gasteiger partial charge in [0.15, 0.2) is 5.82 Å². The number of nitrogen functional groups attached to an aromatic ring is 1. The molecule has 0 unspecified atom stereocenters. The highest BCUT2D eigenvalue weighted by atomic mass is 32.1. The Morgan fingerprint density at radius 3 is 3.00 bits per heavy atom. The minimum atomic E-state index is -0.320. The predicted molar refractivity (Wildman–Crippen MR) is 72.7 cm³/mol. The van der Waals surface area contributed by atoms with Crippen LogP contribution in [0.4, 0.5) is 15.9 Å². The fourth-order valence-electron chi connectivity index (χ4n) is 1.69. The van der Waals surface area contributed by atoms with Crippen molar-refractivity contribution in [2.75, 3.05) is 11.1 Å². The molecule has 4 N–H and O–H groups in total. The van der Waals surface area contributed by atoms with Crippen molar-refractivity contribution in [2.45, 2.75) is 0 Å². The molecule has 96 valence electrons. The lowest BCUT2D eigenvalue weighted by molar-refractivity contribution is 0.103. The summed E-state index contributed by atoms with van der Waals surface area (Å²) in [5, 5.41) is 9.74. The van der Waals surface area contributed by atoms with Crippen LogP contribution in [0, 0.1) is 5.82 Å². The number of H-pyrrole nitrogens is 1. The minimum Gasteiger partial charge on any atom is -0.394 e. The summed E-state index contributed by atoms with van der Waals surface area (Å²) in [5.41, 5.74) is 5.97. The van der Waals surface area contributed by atoms with E-state index in [4.69, 9.17) is 5.73 Å². The Bertz CT molecular complexity index is 764. The molecule has 3 rings (SSSR count). The van der Waals surface area contributed by atoms with Gasteiger partial charge in [0.25, 0.3) is 5.91 Å². The lowest BCUT2D eigenvalue weighted by Crippen LogP contribution is -2.11. The Hall–Kier alpha value is -2.41. The average Bonchev–Trinajstić information content (AvgIpc) is 2.96. The molecule has 0 bridgehead atoms. The van der Waals surface area contributed by atoms with E-state index in [9.17, 15) is 9.18 Å². The van der Waals surface area contributed by atoms with Crippen LogP contribution in [0.3, 0.4) is 0 Å². The molecule has 0 saturated heterocycles. The van der Waals surface area contributed by atoms with E-state index in [2.05, 4.69) is 15.5 Å². The number of amides is 1. The van der Waals surface area contributed by atoms with Crippen molar-refractivity contribution in [1.29, 1.82) is 0 Å². The van der Waals surface area contributed by atoms with Gasteiger partial charge in [0.05, 0.1) is 16.8 Å². The number of rotatable bonds is 2. The molecule has 19 heavy (non-hydrogen) atoms. The fraction of sp³-hybridized carbons (Fsp3) is 0. The highest BCUT2D eigenvalue weighted by Gasteiger charge is 2.13. The van der Waals surface area contributed by atoms with Gasteiger partial charge >= 0.3 is 0 Å². The van der Waals surface area contributed by atoms with E-state index in [1.54, 1.807) is 12.1 Å². The number of carbonyl (C=O) groups is 1. The molecule has 0 saturated carbocycles. The molecule has 7 heteroatoms. The Labute approximate surface area is 111 Å². The third-order valence-corrected chi connectivity index (χ3v) is 3.71. The highest BCUT2D eigenvalue weighted by molar-refractivity contribution is 7.20. The van der Waals surface area contributed by atoms with Crippen LogP contribution >= 0.6 is 11.3 Å². The van der Waals surface area contributed by atoms with Crippen molar-refractivity contribution in [3.63, 3.8) is 0 Å². The topological polar surface area (TPSA) is 83.8 Å². The summed E-state index contributed by atoms with van der Waals surface area (Å²) in [7, 11) is 0. The van der Waals surface area contributed by atoms with Crippen molar-refractivity contribution in [3.05, 3.63) is 41.2 Å². The number of thiophene rings is 1. The molecule has 0 aliphatic carbocycles. The van der Waals surface area contributed by atoms with Gasteiger partial charge in [0.2, 0.25) is 0 Å². The van der Waals surface area contributed by atoms with Crippen LogP contribution in [0.2, 0.25) is 0 Å². The van der Waals surface area contributed by atoms with Gasteiger partial charge in [-0.1, -0.05) is 6.07 Å². The number of hydrogen-bond donors (Lipinski definition) is 3. The van der Waals surface area contributed by atoms with Gasteiger partial charge in [-0.25, -0.2) is 4.39 Å². The first-order chi connectivity index (χ1) is 9.13. The van der Waals surface area contributed by atoms with E-state index in [1.165, 1.54) is 29.7 Å². The number of hydrogen-bond acceptors (Lipinski definition) is 4. The molecule has 1 amide bonds. The summed E-state index contributed by atoms with van der Waals surface area (Å²) in [5.74, 6) is -0.273. The van der Waals surface area contributed by atoms with Gasteiger partial charge < -0.3 is 11.1 Å². The second-order valence-corrected chi connectivity index (χ2v) is 5.03. The first-order valence-electron chi connectivity index (χ1n) is 5.43. The lowest BCUT2D eigenvalue weighted by atomic mass is 10.2. The zero-order valence-corrected chi connectivity index (χ0v) is 10.4. The van der Waals surface area contributed by atoms with E-state index in [1.807, 2.05) is 0 Å². The average molecular weight is 276 g/mol. The number of aromatic amines is 1. The van der Waals surface area contributed by atoms with Crippen molar-refractivity contribution < 1.29 is 9.18 Å². The lowest BCUT2D eigenvalue weighted by Gasteiger charge is -2.00. The van der Waals surface area contributed by atoms with E-state index in [0.29, 0.717) is 16.4 Å². The van der Waals surface area contributed by atoms with Gasteiger partial charge in [-0.15, -0.1) is 11.3 Å². The van der Waals surface area contributed by atoms with Gasteiger partial charge in [-0.3, -0.25) is 9.89 Å². The van der Waals surface area contributed by atoms with Crippen molar-refractivity contribution >= 4 is 38.8 Å². The summed E-state index contributed by atoms with van der Waals surface area (Å²) in [6.45, 7) is 0. The molecule has 0 atom stereocenters. The van der Waals surface area contributed by atoms with Crippen LogP contribution in [0.15, 0.2) is 30.5 Å².